The van der Waals surface area contributed by atoms with Crippen molar-refractivity contribution in [3.8, 4) is 5.75 Å². The number of rotatable bonds is 17. The molecule has 1 nitrogen and oxygen atoms in total. The molecule has 4 heteroatoms. The van der Waals surface area contributed by atoms with E-state index in [1.165, 1.54) is 95.2 Å². The predicted molar refractivity (Wildman–Crippen MR) is 130 cm³/mol. The molecular weight excluding hydrogens is 403 g/mol. The maximum atomic E-state index is 6.88. The van der Waals surface area contributed by atoms with E-state index in [1.807, 2.05) is 18.2 Å². The molecule has 0 aliphatic carbocycles. The summed E-state index contributed by atoms with van der Waals surface area (Å²) in [7, 11) is -1.88. The zero-order chi connectivity index (χ0) is 20.7. The van der Waals surface area contributed by atoms with Gasteiger partial charge in [0.05, 0.1) is 5.02 Å². The first-order valence-corrected chi connectivity index (χ1v) is 15.0. The van der Waals surface area contributed by atoms with Gasteiger partial charge in [0.15, 0.2) is 0 Å². The van der Waals surface area contributed by atoms with E-state index in [0.29, 0.717) is 10.0 Å². The molecule has 0 atom stereocenters. The van der Waals surface area contributed by atoms with Crippen LogP contribution in [0.4, 0.5) is 0 Å². The lowest BCUT2D eigenvalue weighted by atomic mass is 10.2. The molecule has 0 unspecified atom stereocenters. The van der Waals surface area contributed by atoms with E-state index in [-0.39, 0.29) is 0 Å². The van der Waals surface area contributed by atoms with Crippen LogP contribution in [0, 0.1) is 0 Å². The van der Waals surface area contributed by atoms with E-state index in [0.717, 1.165) is 5.75 Å². The lowest BCUT2D eigenvalue weighted by molar-refractivity contribution is 0.502. The highest BCUT2D eigenvalue weighted by molar-refractivity contribution is 6.74. The first kappa shape index (κ1) is 25.9. The van der Waals surface area contributed by atoms with Gasteiger partial charge >= 0.3 is 0 Å². The van der Waals surface area contributed by atoms with Gasteiger partial charge in [-0.2, -0.15) is 0 Å². The fourth-order valence-corrected chi connectivity index (χ4v) is 8.70. The van der Waals surface area contributed by atoms with Crippen molar-refractivity contribution in [3.63, 3.8) is 0 Å². The molecule has 0 aromatic heterocycles. The Labute approximate surface area is 185 Å². The second-order valence-electron chi connectivity index (χ2n) is 8.29. The molecule has 0 amide bonds. The SMILES string of the molecule is CCCCCC[Si](CCCCCC)(CCCCCC)Oc1cc(Cl)ccc1Cl. The molecule has 0 bridgehead atoms. The zero-order valence-electron chi connectivity index (χ0n) is 18.5. The Morgan fingerprint density at radius 1 is 0.679 bits per heavy atom. The fourth-order valence-electron chi connectivity index (χ4n) is 3.94. The van der Waals surface area contributed by atoms with Gasteiger partial charge in [-0.3, -0.25) is 0 Å². The van der Waals surface area contributed by atoms with Crippen LogP contribution in [0.2, 0.25) is 28.2 Å². The van der Waals surface area contributed by atoms with Crippen molar-refractivity contribution in [3.05, 3.63) is 28.2 Å². The summed E-state index contributed by atoms with van der Waals surface area (Å²) < 4.78 is 6.88. The monoisotopic (exact) mass is 444 g/mol. The molecule has 0 saturated heterocycles. The summed E-state index contributed by atoms with van der Waals surface area (Å²) >= 11 is 12.8. The Hall–Kier alpha value is -0.183. The molecule has 0 heterocycles. The van der Waals surface area contributed by atoms with E-state index in [4.69, 9.17) is 27.6 Å². The van der Waals surface area contributed by atoms with Crippen LogP contribution in [0.1, 0.15) is 97.8 Å². The van der Waals surface area contributed by atoms with Gasteiger partial charge < -0.3 is 4.43 Å². The zero-order valence-corrected chi connectivity index (χ0v) is 21.0. The minimum absolute atomic E-state index is 0.706. The fraction of sp³-hybridized carbons (Fsp3) is 0.750. The van der Waals surface area contributed by atoms with Gasteiger partial charge in [-0.05, 0) is 36.3 Å². The molecule has 0 aliphatic heterocycles. The third-order valence-corrected chi connectivity index (χ3v) is 10.7. The Morgan fingerprint density at radius 2 is 1.14 bits per heavy atom. The third kappa shape index (κ3) is 10.6. The Kier molecular flexibility index (Phi) is 14.4. The molecule has 0 N–H and O–H groups in total. The molecular formula is C24H42Cl2OSi. The van der Waals surface area contributed by atoms with Crippen molar-refractivity contribution >= 4 is 31.5 Å². The van der Waals surface area contributed by atoms with Crippen molar-refractivity contribution in [1.29, 1.82) is 0 Å². The maximum absolute atomic E-state index is 6.88. The summed E-state index contributed by atoms with van der Waals surface area (Å²) in [5.41, 5.74) is 0. The van der Waals surface area contributed by atoms with Crippen LogP contribution in [0.15, 0.2) is 18.2 Å². The van der Waals surface area contributed by atoms with Gasteiger partial charge in [0.25, 0.3) is 8.32 Å². The smallest absolute Gasteiger partial charge is 0.251 e. The lowest BCUT2D eigenvalue weighted by Gasteiger charge is -2.33. The molecule has 0 fully saturated rings. The summed E-state index contributed by atoms with van der Waals surface area (Å²) in [5, 5.41) is 1.42. The molecule has 1 rings (SSSR count). The Balaban J connectivity index is 2.94. The molecule has 162 valence electrons. The van der Waals surface area contributed by atoms with Crippen molar-refractivity contribution in [2.45, 2.75) is 116 Å². The van der Waals surface area contributed by atoms with Crippen LogP contribution >= 0.6 is 23.2 Å². The van der Waals surface area contributed by atoms with Crippen LogP contribution in [-0.4, -0.2) is 8.32 Å². The van der Waals surface area contributed by atoms with Gasteiger partial charge in [-0.25, -0.2) is 0 Å². The highest BCUT2D eigenvalue weighted by Crippen LogP contribution is 2.36. The molecule has 0 saturated carbocycles. The molecule has 0 aliphatic rings. The van der Waals surface area contributed by atoms with Crippen LogP contribution in [0.3, 0.4) is 0 Å². The normalized spacial score (nSPS) is 11.8. The van der Waals surface area contributed by atoms with Gasteiger partial charge in [0.2, 0.25) is 0 Å². The summed E-state index contributed by atoms with van der Waals surface area (Å²) in [5.74, 6) is 0.822. The molecule has 0 radical (unpaired) electrons. The van der Waals surface area contributed by atoms with Crippen molar-refractivity contribution in [2.24, 2.45) is 0 Å². The second-order valence-corrected chi connectivity index (χ2v) is 13.2. The van der Waals surface area contributed by atoms with E-state index in [1.54, 1.807) is 0 Å². The van der Waals surface area contributed by atoms with Gasteiger partial charge in [-0.1, -0.05) is 121 Å². The average molecular weight is 446 g/mol. The largest absolute Gasteiger partial charge is 0.542 e. The Morgan fingerprint density at radius 3 is 1.57 bits per heavy atom. The summed E-state index contributed by atoms with van der Waals surface area (Å²) in [6.07, 6.45) is 15.7. The molecule has 1 aromatic carbocycles. The minimum Gasteiger partial charge on any atom is -0.542 e. The maximum Gasteiger partial charge on any atom is 0.251 e. The second kappa shape index (κ2) is 15.6. The quantitative estimate of drug-likeness (QED) is 0.171. The van der Waals surface area contributed by atoms with Crippen LogP contribution in [0.5, 0.6) is 5.75 Å². The van der Waals surface area contributed by atoms with Crippen LogP contribution in [-0.2, 0) is 0 Å². The molecule has 0 spiro atoms. The average Bonchev–Trinajstić information content (AvgIpc) is 2.69. The number of hydrogen-bond donors (Lipinski definition) is 0. The van der Waals surface area contributed by atoms with Crippen molar-refractivity contribution < 1.29 is 4.43 Å². The summed E-state index contributed by atoms with van der Waals surface area (Å²) in [6, 6.07) is 9.43. The standard InChI is InChI=1S/C24H42Cl2OSi/c1-4-7-10-13-18-28(19-14-11-8-5-2,20-15-12-9-6-3)27-24-21-22(25)16-17-23(24)26/h16-17,21H,4-15,18-20H2,1-3H3. The summed E-state index contributed by atoms with van der Waals surface area (Å²) in [4.78, 5) is 0. The topological polar surface area (TPSA) is 9.23 Å². The van der Waals surface area contributed by atoms with Crippen molar-refractivity contribution in [1.82, 2.24) is 0 Å². The van der Waals surface area contributed by atoms with Gasteiger partial charge in [0, 0.05) is 5.02 Å². The lowest BCUT2D eigenvalue weighted by Crippen LogP contribution is -2.41. The molecule has 1 aromatic rings. The number of benzene rings is 1. The van der Waals surface area contributed by atoms with E-state index < -0.39 is 8.32 Å². The highest BCUT2D eigenvalue weighted by Gasteiger charge is 2.36. The highest BCUT2D eigenvalue weighted by atomic mass is 35.5. The summed E-state index contributed by atoms with van der Waals surface area (Å²) in [6.45, 7) is 6.84. The molecule has 28 heavy (non-hydrogen) atoms. The number of unbranched alkanes of at least 4 members (excludes halogenated alkanes) is 9. The first-order valence-electron chi connectivity index (χ1n) is 11.7. The van der Waals surface area contributed by atoms with Crippen LogP contribution < -0.4 is 4.43 Å². The van der Waals surface area contributed by atoms with E-state index in [2.05, 4.69) is 20.8 Å². The number of halogens is 2. The number of hydrogen-bond acceptors (Lipinski definition) is 1. The van der Waals surface area contributed by atoms with Crippen LogP contribution in [0.25, 0.3) is 0 Å². The Bertz CT molecular complexity index is 490. The van der Waals surface area contributed by atoms with Crippen molar-refractivity contribution in [2.75, 3.05) is 0 Å². The predicted octanol–water partition coefficient (Wildman–Crippen LogP) is 10.1. The van der Waals surface area contributed by atoms with Gasteiger partial charge in [-0.15, -0.1) is 0 Å². The minimum atomic E-state index is -1.88. The van der Waals surface area contributed by atoms with Gasteiger partial charge in [0.1, 0.15) is 5.75 Å². The van der Waals surface area contributed by atoms with E-state index in [9.17, 15) is 0 Å². The van der Waals surface area contributed by atoms with E-state index >= 15 is 0 Å². The third-order valence-electron chi connectivity index (χ3n) is 5.68. The first-order chi connectivity index (χ1) is 13.6.